The van der Waals surface area contributed by atoms with Gasteiger partial charge in [-0.1, -0.05) is 19.9 Å². The molecule has 0 spiro atoms. The highest BCUT2D eigenvalue weighted by Crippen LogP contribution is 2.45. The van der Waals surface area contributed by atoms with Crippen LogP contribution in [-0.4, -0.2) is 11.7 Å². The van der Waals surface area contributed by atoms with Crippen LogP contribution in [0.1, 0.15) is 55.3 Å². The van der Waals surface area contributed by atoms with Crippen molar-refractivity contribution in [2.45, 2.75) is 45.6 Å². The molecule has 2 atom stereocenters. The number of phenolic OH excluding ortho intramolecular Hbond substituents is 1. The fourth-order valence-corrected chi connectivity index (χ4v) is 2.85. The van der Waals surface area contributed by atoms with Gasteiger partial charge >= 0.3 is 0 Å². The van der Waals surface area contributed by atoms with Gasteiger partial charge in [0.15, 0.2) is 0 Å². The molecule has 88 valence electrons. The van der Waals surface area contributed by atoms with Crippen molar-refractivity contribution in [1.29, 1.82) is 0 Å². The first-order valence-electron chi connectivity index (χ1n) is 6.20. The predicted molar refractivity (Wildman–Crippen MR) is 66.9 cm³/mol. The molecule has 0 aromatic heterocycles. The Morgan fingerprint density at radius 1 is 1.38 bits per heavy atom. The molecule has 2 rings (SSSR count). The molecule has 1 aliphatic rings. The molecule has 1 aromatic rings. The summed E-state index contributed by atoms with van der Waals surface area (Å²) in [5, 5.41) is 13.5. The molecule has 1 aliphatic carbocycles. The van der Waals surface area contributed by atoms with E-state index in [9.17, 15) is 5.11 Å². The Hall–Kier alpha value is -1.02. The van der Waals surface area contributed by atoms with E-state index in [-0.39, 0.29) is 0 Å². The first-order chi connectivity index (χ1) is 7.65. The van der Waals surface area contributed by atoms with Gasteiger partial charge in [-0.2, -0.15) is 0 Å². The molecule has 0 saturated heterocycles. The largest absolute Gasteiger partial charge is 0.508 e. The Kier molecular flexibility index (Phi) is 3.20. The lowest BCUT2D eigenvalue weighted by Crippen LogP contribution is -2.20. The topological polar surface area (TPSA) is 32.3 Å². The highest BCUT2D eigenvalue weighted by atomic mass is 16.3. The van der Waals surface area contributed by atoms with Crippen molar-refractivity contribution in [3.05, 3.63) is 28.8 Å². The Morgan fingerprint density at radius 2 is 2.12 bits per heavy atom. The Labute approximate surface area is 97.7 Å². The van der Waals surface area contributed by atoms with Crippen LogP contribution >= 0.6 is 0 Å². The van der Waals surface area contributed by atoms with E-state index in [0.29, 0.717) is 17.7 Å². The van der Waals surface area contributed by atoms with Crippen LogP contribution in [0.25, 0.3) is 0 Å². The van der Waals surface area contributed by atoms with Gasteiger partial charge in [-0.05, 0) is 49.4 Å². The molecule has 2 N–H and O–H groups in total. The minimum absolute atomic E-state index is 0.338. The minimum atomic E-state index is 0.338. The summed E-state index contributed by atoms with van der Waals surface area (Å²) in [6, 6.07) is 4.18. The van der Waals surface area contributed by atoms with E-state index in [4.69, 9.17) is 0 Å². The fourth-order valence-electron chi connectivity index (χ4n) is 2.85. The molecule has 0 saturated carbocycles. The normalized spacial score (nSPS) is 23.4. The van der Waals surface area contributed by atoms with Gasteiger partial charge in [0.1, 0.15) is 5.75 Å². The average Bonchev–Trinajstić information content (AvgIpc) is 2.59. The molecule has 0 radical (unpaired) electrons. The molecule has 2 nitrogen and oxygen atoms in total. The van der Waals surface area contributed by atoms with Gasteiger partial charge in [0.25, 0.3) is 0 Å². The number of aromatic hydroxyl groups is 1. The zero-order valence-electron chi connectivity index (χ0n) is 10.4. The van der Waals surface area contributed by atoms with E-state index in [0.717, 1.165) is 24.9 Å². The molecule has 2 unspecified atom stereocenters. The second-order valence-corrected chi connectivity index (χ2v) is 4.87. The van der Waals surface area contributed by atoms with E-state index in [2.05, 4.69) is 26.1 Å². The highest BCUT2D eigenvalue weighted by Gasteiger charge is 2.31. The van der Waals surface area contributed by atoms with E-state index < -0.39 is 0 Å². The number of aryl methyl sites for hydroxylation is 1. The van der Waals surface area contributed by atoms with Crippen LogP contribution in [0.3, 0.4) is 0 Å². The van der Waals surface area contributed by atoms with Crippen molar-refractivity contribution in [1.82, 2.24) is 5.32 Å². The summed E-state index contributed by atoms with van der Waals surface area (Å²) < 4.78 is 0. The Morgan fingerprint density at radius 3 is 2.81 bits per heavy atom. The van der Waals surface area contributed by atoms with Gasteiger partial charge in [-0.15, -0.1) is 0 Å². The van der Waals surface area contributed by atoms with Crippen LogP contribution < -0.4 is 5.32 Å². The van der Waals surface area contributed by atoms with Crippen LogP contribution in [0.5, 0.6) is 5.75 Å². The monoisotopic (exact) mass is 219 g/mol. The fraction of sp³-hybridized carbons (Fsp3) is 0.571. The van der Waals surface area contributed by atoms with Crippen molar-refractivity contribution >= 4 is 0 Å². The lowest BCUT2D eigenvalue weighted by molar-refractivity contribution is 0.445. The van der Waals surface area contributed by atoms with Crippen molar-refractivity contribution < 1.29 is 5.11 Å². The lowest BCUT2D eigenvalue weighted by atomic mass is 9.97. The number of rotatable bonds is 3. The summed E-state index contributed by atoms with van der Waals surface area (Å²) >= 11 is 0. The predicted octanol–water partition coefficient (Wildman–Crippen LogP) is 3.25. The van der Waals surface area contributed by atoms with Crippen LogP contribution in [-0.2, 0) is 0 Å². The van der Waals surface area contributed by atoms with Gasteiger partial charge in [-0.25, -0.2) is 0 Å². The van der Waals surface area contributed by atoms with Gasteiger partial charge in [0, 0.05) is 11.6 Å². The third-order valence-electron chi connectivity index (χ3n) is 3.55. The molecule has 0 bridgehead atoms. The van der Waals surface area contributed by atoms with Crippen molar-refractivity contribution in [3.63, 3.8) is 0 Å². The molecule has 1 aromatic carbocycles. The van der Waals surface area contributed by atoms with E-state index in [1.54, 1.807) is 0 Å². The highest BCUT2D eigenvalue weighted by molar-refractivity contribution is 5.50. The first-order valence-corrected chi connectivity index (χ1v) is 6.20. The standard InChI is InChI=1S/C14H21NO/c1-4-7-15-11-8-10(3)13-9(2)5-6-12(16)14(11)13/h5-6,10-11,15-16H,4,7-8H2,1-3H3. The van der Waals surface area contributed by atoms with Crippen LogP contribution in [0, 0.1) is 6.92 Å². The maximum atomic E-state index is 10.0. The molecule has 2 heteroatoms. The third-order valence-corrected chi connectivity index (χ3v) is 3.55. The van der Waals surface area contributed by atoms with E-state index in [1.165, 1.54) is 11.1 Å². The quantitative estimate of drug-likeness (QED) is 0.818. The number of benzene rings is 1. The second kappa shape index (κ2) is 4.46. The third kappa shape index (κ3) is 1.82. The summed E-state index contributed by atoms with van der Waals surface area (Å²) in [7, 11) is 0. The smallest absolute Gasteiger partial charge is 0.120 e. The van der Waals surface area contributed by atoms with Crippen LogP contribution in [0.2, 0.25) is 0 Å². The molecule has 0 amide bonds. The zero-order valence-corrected chi connectivity index (χ0v) is 10.4. The van der Waals surface area contributed by atoms with Crippen molar-refractivity contribution in [2.75, 3.05) is 6.54 Å². The molecular formula is C14H21NO. The second-order valence-electron chi connectivity index (χ2n) is 4.87. The number of nitrogens with one attached hydrogen (secondary N) is 1. The minimum Gasteiger partial charge on any atom is -0.508 e. The summed E-state index contributed by atoms with van der Waals surface area (Å²) in [5.41, 5.74) is 3.80. The van der Waals surface area contributed by atoms with Crippen molar-refractivity contribution in [3.8, 4) is 5.75 Å². The van der Waals surface area contributed by atoms with Gasteiger partial charge in [0.2, 0.25) is 0 Å². The van der Waals surface area contributed by atoms with Crippen LogP contribution in [0.15, 0.2) is 12.1 Å². The number of fused-ring (bicyclic) bond motifs is 1. The van der Waals surface area contributed by atoms with Gasteiger partial charge < -0.3 is 10.4 Å². The van der Waals surface area contributed by atoms with E-state index in [1.807, 2.05) is 12.1 Å². The number of hydrogen-bond donors (Lipinski definition) is 2. The molecule has 0 heterocycles. The molecule has 0 aliphatic heterocycles. The van der Waals surface area contributed by atoms with E-state index >= 15 is 0 Å². The first kappa shape index (κ1) is 11.5. The number of hydrogen-bond acceptors (Lipinski definition) is 2. The summed E-state index contributed by atoms with van der Waals surface area (Å²) in [5.74, 6) is 1.01. The maximum absolute atomic E-state index is 10.0. The summed E-state index contributed by atoms with van der Waals surface area (Å²) in [4.78, 5) is 0. The van der Waals surface area contributed by atoms with Crippen molar-refractivity contribution in [2.24, 2.45) is 0 Å². The molecular weight excluding hydrogens is 198 g/mol. The maximum Gasteiger partial charge on any atom is 0.120 e. The molecule has 0 fully saturated rings. The molecule has 16 heavy (non-hydrogen) atoms. The lowest BCUT2D eigenvalue weighted by Gasteiger charge is -2.15. The Bertz CT molecular complexity index is 387. The average molecular weight is 219 g/mol. The zero-order chi connectivity index (χ0) is 11.7. The summed E-state index contributed by atoms with van der Waals surface area (Å²) in [6.07, 6.45) is 2.24. The van der Waals surface area contributed by atoms with Gasteiger partial charge in [0.05, 0.1) is 0 Å². The Balaban J connectivity index is 2.36. The number of phenols is 1. The van der Waals surface area contributed by atoms with Gasteiger partial charge in [-0.3, -0.25) is 0 Å². The SMILES string of the molecule is CCCNC1CC(C)c2c(C)ccc(O)c21. The summed E-state index contributed by atoms with van der Waals surface area (Å²) in [6.45, 7) is 7.57. The van der Waals surface area contributed by atoms with Crippen LogP contribution in [0.4, 0.5) is 0 Å².